The molecule has 9 heteroatoms. The predicted octanol–water partition coefficient (Wildman–Crippen LogP) is 2.65. The molecule has 2 heterocycles. The van der Waals surface area contributed by atoms with Crippen LogP contribution in [0.3, 0.4) is 0 Å². The summed E-state index contributed by atoms with van der Waals surface area (Å²) in [5.41, 5.74) is 0.193. The standard InChI is InChI=1S/C14H15N3O4S2/c15-23(20,21)10-5-6-11(13(9-10)17(18)19)16-7-1-3-12(16)14-4-2-8-22-14/h2,4-6,8-9,12H,1,3,7H2,(H2,15,20,21). The van der Waals surface area contributed by atoms with Crippen molar-refractivity contribution >= 4 is 32.7 Å². The minimum absolute atomic E-state index is 0.0778. The van der Waals surface area contributed by atoms with E-state index < -0.39 is 14.9 Å². The van der Waals surface area contributed by atoms with Gasteiger partial charge in [-0.15, -0.1) is 11.3 Å². The van der Waals surface area contributed by atoms with Crippen LogP contribution in [0.15, 0.2) is 40.6 Å². The monoisotopic (exact) mass is 353 g/mol. The Morgan fingerprint density at radius 1 is 1.35 bits per heavy atom. The zero-order chi connectivity index (χ0) is 16.6. The fourth-order valence-electron chi connectivity index (χ4n) is 2.90. The molecule has 1 aromatic carbocycles. The summed E-state index contributed by atoms with van der Waals surface area (Å²) in [5.74, 6) is 0. The average Bonchev–Trinajstić information content (AvgIpc) is 3.16. The van der Waals surface area contributed by atoms with E-state index >= 15 is 0 Å². The first-order chi connectivity index (χ1) is 10.9. The van der Waals surface area contributed by atoms with Crippen molar-refractivity contribution in [3.63, 3.8) is 0 Å². The van der Waals surface area contributed by atoms with Gasteiger partial charge in [0.15, 0.2) is 0 Å². The molecular formula is C14H15N3O4S2. The van der Waals surface area contributed by atoms with Crippen molar-refractivity contribution in [2.45, 2.75) is 23.8 Å². The number of nitrogens with zero attached hydrogens (tertiary/aromatic N) is 2. The summed E-state index contributed by atoms with van der Waals surface area (Å²) in [6.45, 7) is 0.693. The molecule has 0 aliphatic carbocycles. The largest absolute Gasteiger partial charge is 0.358 e. The number of anilines is 1. The molecular weight excluding hydrogens is 338 g/mol. The lowest BCUT2D eigenvalue weighted by atomic mass is 10.1. The molecule has 2 N–H and O–H groups in total. The van der Waals surface area contributed by atoms with Crippen LogP contribution in [-0.4, -0.2) is 19.9 Å². The highest BCUT2D eigenvalue weighted by atomic mass is 32.2. The van der Waals surface area contributed by atoms with Crippen LogP contribution in [0.4, 0.5) is 11.4 Å². The minimum atomic E-state index is -3.98. The highest BCUT2D eigenvalue weighted by Gasteiger charge is 2.32. The van der Waals surface area contributed by atoms with E-state index in [0.717, 1.165) is 23.8 Å². The summed E-state index contributed by atoms with van der Waals surface area (Å²) < 4.78 is 22.9. The molecule has 1 unspecified atom stereocenters. The fraction of sp³-hybridized carbons (Fsp3) is 0.286. The molecule has 2 aromatic rings. The maximum Gasteiger partial charge on any atom is 0.293 e. The van der Waals surface area contributed by atoms with Crippen molar-refractivity contribution in [3.8, 4) is 0 Å². The summed E-state index contributed by atoms with van der Waals surface area (Å²) in [6.07, 6.45) is 1.84. The van der Waals surface area contributed by atoms with Crippen molar-refractivity contribution in [2.24, 2.45) is 5.14 Å². The smallest absolute Gasteiger partial charge is 0.293 e. The van der Waals surface area contributed by atoms with Crippen LogP contribution >= 0.6 is 11.3 Å². The van der Waals surface area contributed by atoms with E-state index in [0.29, 0.717) is 12.2 Å². The third-order valence-corrected chi connectivity index (χ3v) is 5.79. The third kappa shape index (κ3) is 3.07. The van der Waals surface area contributed by atoms with Crippen molar-refractivity contribution in [2.75, 3.05) is 11.4 Å². The van der Waals surface area contributed by atoms with Gasteiger partial charge in [0.05, 0.1) is 15.9 Å². The number of nitrogens with two attached hydrogens (primary N) is 1. The zero-order valence-electron chi connectivity index (χ0n) is 12.1. The number of benzene rings is 1. The summed E-state index contributed by atoms with van der Waals surface area (Å²) in [5, 5.41) is 18.4. The molecule has 122 valence electrons. The van der Waals surface area contributed by atoms with E-state index in [1.165, 1.54) is 12.1 Å². The first kappa shape index (κ1) is 15.9. The van der Waals surface area contributed by atoms with E-state index in [1.807, 2.05) is 22.4 Å². The van der Waals surface area contributed by atoms with Gasteiger partial charge in [-0.3, -0.25) is 10.1 Å². The van der Waals surface area contributed by atoms with Crippen LogP contribution in [0.25, 0.3) is 0 Å². The molecule has 1 aromatic heterocycles. The van der Waals surface area contributed by atoms with E-state index in [1.54, 1.807) is 11.3 Å². The first-order valence-electron chi connectivity index (χ1n) is 6.99. The Balaban J connectivity index is 2.07. The first-order valence-corrected chi connectivity index (χ1v) is 9.42. The van der Waals surface area contributed by atoms with Crippen molar-refractivity contribution < 1.29 is 13.3 Å². The van der Waals surface area contributed by atoms with Gasteiger partial charge in [-0.2, -0.15) is 0 Å². The predicted molar refractivity (Wildman–Crippen MR) is 88.1 cm³/mol. The normalized spacial score (nSPS) is 18.3. The van der Waals surface area contributed by atoms with Crippen LogP contribution in [0.2, 0.25) is 0 Å². The fourth-order valence-corrected chi connectivity index (χ4v) is 4.31. The van der Waals surface area contributed by atoms with Gasteiger partial charge in [0, 0.05) is 17.5 Å². The topological polar surface area (TPSA) is 107 Å². The number of nitro benzene ring substituents is 1. The number of hydrogen-bond donors (Lipinski definition) is 1. The molecule has 0 bridgehead atoms. The second-order valence-corrected chi connectivity index (χ2v) is 7.86. The molecule has 0 saturated carbocycles. The number of hydrogen-bond acceptors (Lipinski definition) is 6. The van der Waals surface area contributed by atoms with Crippen LogP contribution in [0.5, 0.6) is 0 Å². The molecule has 1 atom stereocenters. The number of rotatable bonds is 4. The Morgan fingerprint density at radius 2 is 2.13 bits per heavy atom. The number of primary sulfonamides is 1. The Bertz CT molecular complexity index is 834. The lowest BCUT2D eigenvalue weighted by Crippen LogP contribution is -2.23. The molecule has 0 radical (unpaired) electrons. The summed E-state index contributed by atoms with van der Waals surface area (Å²) in [6, 6.07) is 7.88. The maximum absolute atomic E-state index is 11.4. The Morgan fingerprint density at radius 3 is 2.74 bits per heavy atom. The van der Waals surface area contributed by atoms with Crippen molar-refractivity contribution in [1.29, 1.82) is 0 Å². The average molecular weight is 353 g/mol. The lowest BCUT2D eigenvalue weighted by Gasteiger charge is -2.25. The highest BCUT2D eigenvalue weighted by Crippen LogP contribution is 2.42. The Hall–Kier alpha value is -1.97. The van der Waals surface area contributed by atoms with Crippen LogP contribution in [-0.2, 0) is 10.0 Å². The van der Waals surface area contributed by atoms with Crippen LogP contribution in [0, 0.1) is 10.1 Å². The van der Waals surface area contributed by atoms with Gasteiger partial charge in [0.2, 0.25) is 10.0 Å². The van der Waals surface area contributed by atoms with Crippen molar-refractivity contribution in [3.05, 3.63) is 50.7 Å². The molecule has 1 aliphatic rings. The van der Waals surface area contributed by atoms with E-state index in [9.17, 15) is 18.5 Å². The highest BCUT2D eigenvalue weighted by molar-refractivity contribution is 7.89. The molecule has 1 aliphatic heterocycles. The van der Waals surface area contributed by atoms with Gasteiger partial charge >= 0.3 is 0 Å². The molecule has 23 heavy (non-hydrogen) atoms. The van der Waals surface area contributed by atoms with E-state index in [-0.39, 0.29) is 16.6 Å². The van der Waals surface area contributed by atoms with Gasteiger partial charge in [-0.25, -0.2) is 13.6 Å². The summed E-state index contributed by atoms with van der Waals surface area (Å²) in [4.78, 5) is 13.7. The molecule has 0 amide bonds. The summed E-state index contributed by atoms with van der Waals surface area (Å²) in [7, 11) is -3.98. The van der Waals surface area contributed by atoms with Crippen LogP contribution < -0.4 is 10.0 Å². The summed E-state index contributed by atoms with van der Waals surface area (Å²) >= 11 is 1.61. The Labute approximate surface area is 137 Å². The van der Waals surface area contributed by atoms with E-state index in [4.69, 9.17) is 5.14 Å². The van der Waals surface area contributed by atoms with Gasteiger partial charge in [-0.1, -0.05) is 6.07 Å². The number of sulfonamides is 1. The third-order valence-electron chi connectivity index (χ3n) is 3.91. The quantitative estimate of drug-likeness (QED) is 0.672. The van der Waals surface area contributed by atoms with E-state index in [2.05, 4.69) is 0 Å². The molecule has 3 rings (SSSR count). The second-order valence-electron chi connectivity index (χ2n) is 5.32. The van der Waals surface area contributed by atoms with Crippen molar-refractivity contribution in [1.82, 2.24) is 0 Å². The number of nitro groups is 1. The molecule has 1 fully saturated rings. The minimum Gasteiger partial charge on any atom is -0.358 e. The second kappa shape index (κ2) is 5.91. The molecule has 0 spiro atoms. The molecule has 7 nitrogen and oxygen atoms in total. The van der Waals surface area contributed by atoms with Gasteiger partial charge in [-0.05, 0) is 36.4 Å². The lowest BCUT2D eigenvalue weighted by molar-refractivity contribution is -0.384. The van der Waals surface area contributed by atoms with Crippen LogP contribution in [0.1, 0.15) is 23.8 Å². The van der Waals surface area contributed by atoms with Gasteiger partial charge in [0.1, 0.15) is 5.69 Å². The maximum atomic E-state index is 11.4. The SMILES string of the molecule is NS(=O)(=O)c1ccc(N2CCCC2c2cccs2)c([N+](=O)[O-])c1. The Kier molecular flexibility index (Phi) is 4.09. The zero-order valence-corrected chi connectivity index (χ0v) is 13.7. The van der Waals surface area contributed by atoms with Gasteiger partial charge in [0.25, 0.3) is 5.69 Å². The number of thiophene rings is 1. The molecule has 1 saturated heterocycles. The van der Waals surface area contributed by atoms with Gasteiger partial charge < -0.3 is 4.90 Å².